The summed E-state index contributed by atoms with van der Waals surface area (Å²) in [5.74, 6) is 1.92. The maximum absolute atomic E-state index is 12.1. The maximum Gasteiger partial charge on any atom is 0.249 e. The molecule has 1 fully saturated rings. The van der Waals surface area contributed by atoms with Crippen molar-refractivity contribution in [3.8, 4) is 5.75 Å². The van der Waals surface area contributed by atoms with Crippen LogP contribution in [0.25, 0.3) is 11.0 Å². The third-order valence-electron chi connectivity index (χ3n) is 5.75. The summed E-state index contributed by atoms with van der Waals surface area (Å²) in [7, 11) is 0. The molecule has 1 aliphatic heterocycles. The number of aromatic nitrogens is 2. The van der Waals surface area contributed by atoms with Gasteiger partial charge in [0, 0.05) is 19.6 Å². The minimum Gasteiger partial charge on any atom is -0.492 e. The number of carbonyl (C=O) groups is 1. The molecule has 3 aromatic rings. The van der Waals surface area contributed by atoms with Gasteiger partial charge in [-0.3, -0.25) is 4.79 Å². The van der Waals surface area contributed by atoms with E-state index < -0.39 is 0 Å². The molecule has 1 aromatic heterocycles. The van der Waals surface area contributed by atoms with Crippen LogP contribution in [-0.2, 0) is 28.9 Å². The first kappa shape index (κ1) is 21.4. The van der Waals surface area contributed by atoms with E-state index in [9.17, 15) is 4.79 Å². The van der Waals surface area contributed by atoms with Gasteiger partial charge in [-0.2, -0.15) is 0 Å². The number of para-hydroxylation sites is 2. The van der Waals surface area contributed by atoms with Crippen molar-refractivity contribution in [3.05, 3.63) is 59.9 Å². The van der Waals surface area contributed by atoms with Crippen LogP contribution >= 0.6 is 0 Å². The van der Waals surface area contributed by atoms with Crippen molar-refractivity contribution in [1.82, 2.24) is 14.9 Å². The van der Waals surface area contributed by atoms with Crippen molar-refractivity contribution in [1.29, 1.82) is 0 Å². The normalized spacial score (nSPS) is 16.0. The molecule has 6 nitrogen and oxygen atoms in total. The molecule has 2 aromatic carbocycles. The third-order valence-corrected chi connectivity index (χ3v) is 5.75. The summed E-state index contributed by atoms with van der Waals surface area (Å²) in [6.45, 7) is 4.77. The highest BCUT2D eigenvalue weighted by Crippen LogP contribution is 2.18. The van der Waals surface area contributed by atoms with Crippen molar-refractivity contribution < 1.29 is 14.3 Å². The number of rotatable bonds is 10. The van der Waals surface area contributed by atoms with Crippen molar-refractivity contribution in [2.45, 2.75) is 51.7 Å². The number of amides is 1. The number of imidazole rings is 1. The van der Waals surface area contributed by atoms with E-state index in [1.165, 1.54) is 5.56 Å². The van der Waals surface area contributed by atoms with Crippen LogP contribution in [0.15, 0.2) is 48.5 Å². The minimum atomic E-state index is -0.270. The molecular formula is C25H31N3O3. The summed E-state index contributed by atoms with van der Waals surface area (Å²) in [5, 5.41) is 3.00. The lowest BCUT2D eigenvalue weighted by atomic mass is 10.2. The monoisotopic (exact) mass is 421 g/mol. The van der Waals surface area contributed by atoms with Gasteiger partial charge in [-0.15, -0.1) is 0 Å². The molecule has 1 atom stereocenters. The first-order chi connectivity index (χ1) is 15.2. The minimum absolute atomic E-state index is 0.00787. The molecule has 0 bridgehead atoms. The van der Waals surface area contributed by atoms with Gasteiger partial charge in [-0.25, -0.2) is 4.98 Å². The molecule has 164 valence electrons. The predicted molar refractivity (Wildman–Crippen MR) is 121 cm³/mol. The largest absolute Gasteiger partial charge is 0.492 e. The summed E-state index contributed by atoms with van der Waals surface area (Å²) < 4.78 is 13.7. The number of fused-ring (bicyclic) bond motifs is 1. The molecule has 31 heavy (non-hydrogen) atoms. The zero-order valence-corrected chi connectivity index (χ0v) is 18.2. The topological polar surface area (TPSA) is 65.4 Å². The predicted octanol–water partition coefficient (Wildman–Crippen LogP) is 3.91. The number of carbonyl (C=O) groups excluding carboxylic acids is 1. The van der Waals surface area contributed by atoms with E-state index in [2.05, 4.69) is 35.0 Å². The van der Waals surface area contributed by atoms with Gasteiger partial charge in [0.15, 0.2) is 0 Å². The van der Waals surface area contributed by atoms with Crippen LogP contribution in [0.3, 0.4) is 0 Å². The van der Waals surface area contributed by atoms with Gasteiger partial charge in [0.2, 0.25) is 5.91 Å². The smallest absolute Gasteiger partial charge is 0.249 e. The molecule has 0 aliphatic carbocycles. The van der Waals surface area contributed by atoms with Crippen molar-refractivity contribution in [2.24, 2.45) is 0 Å². The summed E-state index contributed by atoms with van der Waals surface area (Å²) in [6, 6.07) is 16.5. The van der Waals surface area contributed by atoms with Gasteiger partial charge in [-0.05, 0) is 55.5 Å². The van der Waals surface area contributed by atoms with E-state index in [0.717, 1.165) is 61.3 Å². The summed E-state index contributed by atoms with van der Waals surface area (Å²) >= 11 is 0. The lowest BCUT2D eigenvalue weighted by Gasteiger charge is -2.12. The highest BCUT2D eigenvalue weighted by atomic mass is 16.5. The zero-order valence-electron chi connectivity index (χ0n) is 18.2. The number of aryl methyl sites for hydroxylation is 2. The van der Waals surface area contributed by atoms with Crippen LogP contribution in [0.5, 0.6) is 5.75 Å². The van der Waals surface area contributed by atoms with E-state index in [1.54, 1.807) is 0 Å². The number of benzene rings is 2. The second-order valence-electron chi connectivity index (χ2n) is 7.91. The second-order valence-corrected chi connectivity index (χ2v) is 7.91. The van der Waals surface area contributed by atoms with E-state index in [-0.39, 0.29) is 12.0 Å². The van der Waals surface area contributed by atoms with E-state index in [1.807, 2.05) is 30.3 Å². The molecule has 4 rings (SSSR count). The number of nitrogens with zero attached hydrogens (tertiary/aromatic N) is 2. The molecule has 0 radical (unpaired) electrons. The van der Waals surface area contributed by atoms with Gasteiger partial charge in [-0.1, -0.05) is 31.2 Å². The van der Waals surface area contributed by atoms with Crippen molar-refractivity contribution in [3.63, 3.8) is 0 Å². The Morgan fingerprint density at radius 1 is 1.23 bits per heavy atom. The van der Waals surface area contributed by atoms with Crippen LogP contribution in [0.1, 0.15) is 37.6 Å². The van der Waals surface area contributed by atoms with Gasteiger partial charge < -0.3 is 19.4 Å². The van der Waals surface area contributed by atoms with Gasteiger partial charge >= 0.3 is 0 Å². The fraction of sp³-hybridized carbons (Fsp3) is 0.440. The molecule has 1 unspecified atom stereocenters. The fourth-order valence-electron chi connectivity index (χ4n) is 4.00. The maximum atomic E-state index is 12.1. The van der Waals surface area contributed by atoms with Crippen LogP contribution in [0, 0.1) is 0 Å². The highest BCUT2D eigenvalue weighted by Gasteiger charge is 2.22. The molecule has 0 saturated carbocycles. The standard InChI is InChI=1S/C25H31N3O3/c1-2-19-11-13-20(14-12-19)30-18-16-28-22-8-4-3-7-21(22)27-24(28)10-5-15-26-25(29)23-9-6-17-31-23/h3-4,7-8,11-14,23H,2,5-6,9-10,15-18H2,1H3,(H,26,29). The Hall–Kier alpha value is -2.86. The Morgan fingerprint density at radius 3 is 2.84 bits per heavy atom. The van der Waals surface area contributed by atoms with Crippen LogP contribution < -0.4 is 10.1 Å². The summed E-state index contributed by atoms with van der Waals surface area (Å²) in [5.41, 5.74) is 3.42. The SMILES string of the molecule is CCc1ccc(OCCn2c(CCCNC(=O)C3CCCO3)nc3ccccc32)cc1. The molecular weight excluding hydrogens is 390 g/mol. The third kappa shape index (κ3) is 5.44. The highest BCUT2D eigenvalue weighted by molar-refractivity contribution is 5.80. The lowest BCUT2D eigenvalue weighted by molar-refractivity contribution is -0.130. The molecule has 0 spiro atoms. The average Bonchev–Trinajstić information content (AvgIpc) is 3.46. The molecule has 2 heterocycles. The number of hydrogen-bond donors (Lipinski definition) is 1. The quantitative estimate of drug-likeness (QED) is 0.504. The Labute approximate surface area is 183 Å². The first-order valence-electron chi connectivity index (χ1n) is 11.3. The Kier molecular flexibility index (Phi) is 7.20. The van der Waals surface area contributed by atoms with Crippen molar-refractivity contribution in [2.75, 3.05) is 19.8 Å². The second kappa shape index (κ2) is 10.4. The Morgan fingerprint density at radius 2 is 2.06 bits per heavy atom. The fourth-order valence-corrected chi connectivity index (χ4v) is 4.00. The van der Waals surface area contributed by atoms with E-state index in [0.29, 0.717) is 19.8 Å². The lowest BCUT2D eigenvalue weighted by Crippen LogP contribution is -2.34. The Bertz CT molecular complexity index is 991. The molecule has 1 saturated heterocycles. The molecule has 1 aliphatic rings. The first-order valence-corrected chi connectivity index (χ1v) is 11.3. The van der Waals surface area contributed by atoms with Crippen LogP contribution in [0.4, 0.5) is 0 Å². The number of ether oxygens (including phenoxy) is 2. The molecule has 1 N–H and O–H groups in total. The van der Waals surface area contributed by atoms with E-state index in [4.69, 9.17) is 14.5 Å². The number of hydrogen-bond acceptors (Lipinski definition) is 4. The summed E-state index contributed by atoms with van der Waals surface area (Å²) in [4.78, 5) is 16.9. The number of nitrogens with one attached hydrogen (secondary N) is 1. The van der Waals surface area contributed by atoms with E-state index >= 15 is 0 Å². The van der Waals surface area contributed by atoms with Gasteiger partial charge in [0.1, 0.15) is 24.3 Å². The van der Waals surface area contributed by atoms with Crippen LogP contribution in [0.2, 0.25) is 0 Å². The van der Waals surface area contributed by atoms with Gasteiger partial charge in [0.05, 0.1) is 17.6 Å². The zero-order chi connectivity index (χ0) is 21.5. The Balaban J connectivity index is 1.34. The molecule has 1 amide bonds. The average molecular weight is 422 g/mol. The molecule has 6 heteroatoms. The van der Waals surface area contributed by atoms with Crippen molar-refractivity contribution >= 4 is 16.9 Å². The summed E-state index contributed by atoms with van der Waals surface area (Å²) in [6.07, 6.45) is 4.18. The van der Waals surface area contributed by atoms with Crippen LogP contribution in [-0.4, -0.2) is 41.3 Å². The van der Waals surface area contributed by atoms with Gasteiger partial charge in [0.25, 0.3) is 0 Å².